The minimum atomic E-state index is -1.96. The highest BCUT2D eigenvalue weighted by molar-refractivity contribution is 6.09. The number of aryl methyl sites for hydroxylation is 2. The van der Waals surface area contributed by atoms with Crippen LogP contribution in [0.4, 0.5) is 0 Å². The van der Waals surface area contributed by atoms with Crippen LogP contribution >= 0.6 is 0 Å². The van der Waals surface area contributed by atoms with Gasteiger partial charge in [0.15, 0.2) is 5.78 Å². The van der Waals surface area contributed by atoms with Crippen molar-refractivity contribution in [3.63, 3.8) is 0 Å². The Morgan fingerprint density at radius 1 is 1.10 bits per heavy atom. The Morgan fingerprint density at radius 3 is 2.41 bits per heavy atom. The number of ketones is 1. The monoisotopic (exact) mass is 540 g/mol. The van der Waals surface area contributed by atoms with Gasteiger partial charge < -0.3 is 40.1 Å². The predicted octanol–water partition coefficient (Wildman–Crippen LogP) is 2.33. The summed E-state index contributed by atoms with van der Waals surface area (Å²) in [5, 5.41) is 63.0. The first-order chi connectivity index (χ1) is 18.5. The summed E-state index contributed by atoms with van der Waals surface area (Å²) < 4.78 is 11.4. The van der Waals surface area contributed by atoms with Crippen LogP contribution in [0, 0.1) is 6.92 Å². The van der Waals surface area contributed by atoms with Crippen molar-refractivity contribution < 1.29 is 49.7 Å². The lowest BCUT2D eigenvalue weighted by molar-refractivity contribution is -0.313. The van der Waals surface area contributed by atoms with Gasteiger partial charge in [-0.2, -0.15) is 0 Å². The number of carboxylic acid groups (broad SMARTS) is 1. The van der Waals surface area contributed by atoms with Gasteiger partial charge in [0.1, 0.15) is 35.4 Å². The van der Waals surface area contributed by atoms with E-state index in [2.05, 4.69) is 0 Å². The molecule has 1 saturated heterocycles. The second-order valence-corrected chi connectivity index (χ2v) is 9.78. The molecular weight excluding hydrogens is 508 g/mol. The number of Topliss-reactive ketones (excluding diaryl/α,β-unsaturated/α-hetero) is 1. The Bertz CT molecular complexity index is 1370. The number of hydrogen-bond acceptors (Lipinski definition) is 9. The average Bonchev–Trinajstić information content (AvgIpc) is 2.92. The Morgan fingerprint density at radius 2 is 1.79 bits per heavy atom. The molecule has 0 amide bonds. The summed E-state index contributed by atoms with van der Waals surface area (Å²) in [6.45, 7) is 2.47. The first kappa shape index (κ1) is 28.5. The maximum atomic E-state index is 13.2. The molecule has 0 aromatic heterocycles. The van der Waals surface area contributed by atoms with Crippen molar-refractivity contribution in [3.8, 4) is 11.5 Å². The van der Waals surface area contributed by atoms with Crippen molar-refractivity contribution in [2.75, 3.05) is 6.61 Å². The van der Waals surface area contributed by atoms with Crippen LogP contribution in [0.15, 0.2) is 48.5 Å². The highest BCUT2D eigenvalue weighted by Gasteiger charge is 2.54. The summed E-state index contributed by atoms with van der Waals surface area (Å²) in [6.07, 6.45) is -6.02. The van der Waals surface area contributed by atoms with Crippen LogP contribution in [0.25, 0.3) is 10.8 Å². The Kier molecular flexibility index (Phi) is 8.24. The van der Waals surface area contributed by atoms with Gasteiger partial charge in [0.2, 0.25) is 6.29 Å². The largest absolute Gasteiger partial charge is 0.506 e. The number of hydrogen-bond donors (Lipinski definition) is 6. The quantitative estimate of drug-likeness (QED) is 0.221. The molecule has 4 rings (SSSR count). The summed E-state index contributed by atoms with van der Waals surface area (Å²) >= 11 is 0. The van der Waals surface area contributed by atoms with E-state index in [4.69, 9.17) is 9.47 Å². The number of phenols is 1. The zero-order chi connectivity index (χ0) is 28.5. The lowest BCUT2D eigenvalue weighted by Gasteiger charge is -2.47. The number of aromatic hydroxyl groups is 1. The molecule has 5 unspecified atom stereocenters. The average molecular weight is 541 g/mol. The smallest absolute Gasteiger partial charge is 0.335 e. The van der Waals surface area contributed by atoms with Crippen molar-refractivity contribution in [1.29, 1.82) is 0 Å². The Labute approximate surface area is 224 Å². The second kappa shape index (κ2) is 11.3. The molecule has 0 bridgehead atoms. The van der Waals surface area contributed by atoms with E-state index >= 15 is 0 Å². The predicted molar refractivity (Wildman–Crippen MR) is 140 cm³/mol. The molecule has 10 nitrogen and oxygen atoms in total. The number of benzene rings is 3. The van der Waals surface area contributed by atoms with Crippen LogP contribution in [0.3, 0.4) is 0 Å². The van der Waals surface area contributed by atoms with Crippen LogP contribution in [-0.4, -0.2) is 79.2 Å². The van der Waals surface area contributed by atoms with Crippen molar-refractivity contribution in [2.24, 2.45) is 0 Å². The fourth-order valence-corrected chi connectivity index (χ4v) is 5.07. The van der Waals surface area contributed by atoms with E-state index in [1.54, 1.807) is 19.9 Å². The van der Waals surface area contributed by atoms with Crippen LogP contribution < -0.4 is 4.74 Å². The fraction of sp³-hybridized carbons (Fsp3) is 0.379. The van der Waals surface area contributed by atoms with E-state index in [0.717, 1.165) is 11.6 Å². The van der Waals surface area contributed by atoms with Gasteiger partial charge in [-0.1, -0.05) is 43.3 Å². The number of aromatic carboxylic acids is 1. The zero-order valence-corrected chi connectivity index (χ0v) is 21.6. The van der Waals surface area contributed by atoms with Gasteiger partial charge in [-0.05, 0) is 48.4 Å². The van der Waals surface area contributed by atoms with Crippen molar-refractivity contribution in [3.05, 3.63) is 70.8 Å². The van der Waals surface area contributed by atoms with E-state index in [1.807, 2.05) is 30.3 Å². The summed E-state index contributed by atoms with van der Waals surface area (Å²) in [5.74, 6) is -2.28. The third-order valence-corrected chi connectivity index (χ3v) is 7.33. The lowest BCUT2D eigenvalue weighted by Crippen LogP contribution is -2.67. The van der Waals surface area contributed by atoms with E-state index in [0.29, 0.717) is 12.0 Å². The molecule has 39 heavy (non-hydrogen) atoms. The van der Waals surface area contributed by atoms with Gasteiger partial charge in [-0.15, -0.1) is 0 Å². The third kappa shape index (κ3) is 5.34. The lowest BCUT2D eigenvalue weighted by atomic mass is 9.82. The molecule has 208 valence electrons. The van der Waals surface area contributed by atoms with Crippen LogP contribution in [-0.2, 0) is 11.2 Å². The summed E-state index contributed by atoms with van der Waals surface area (Å²) in [7, 11) is 0. The number of rotatable bonds is 9. The number of carbonyl (C=O) groups excluding carboxylic acids is 1. The Balaban J connectivity index is 1.76. The molecule has 0 aliphatic carbocycles. The first-order valence-electron chi connectivity index (χ1n) is 12.6. The van der Waals surface area contributed by atoms with Gasteiger partial charge in [0, 0.05) is 6.42 Å². The minimum Gasteiger partial charge on any atom is -0.506 e. The number of carbonyl (C=O) groups is 2. The molecule has 3 aromatic carbocycles. The molecule has 6 N–H and O–H groups in total. The molecular formula is C29H32O10. The van der Waals surface area contributed by atoms with Gasteiger partial charge in [-0.3, -0.25) is 4.79 Å². The maximum absolute atomic E-state index is 13.2. The molecule has 0 radical (unpaired) electrons. The molecule has 1 heterocycles. The Hall–Kier alpha value is -3.54. The standard InChI is InChI=1S/C29H32O10/c1-3-29(37)21(14-30)39-28(25(33)26(29)34)38-20-13-18(27(35)36)12-17-11-15(2)22(24(32)23(17)20)19(31)10-9-16-7-5-4-6-8-16/h4-8,11-13,21,25-26,28,30,32-34,37H,3,9-10,14H2,1-2H3,(H,35,36). The highest BCUT2D eigenvalue weighted by Crippen LogP contribution is 2.41. The van der Waals surface area contributed by atoms with Crippen LogP contribution in [0.2, 0.25) is 0 Å². The second-order valence-electron chi connectivity index (χ2n) is 9.78. The maximum Gasteiger partial charge on any atom is 0.335 e. The van der Waals surface area contributed by atoms with E-state index in [1.165, 1.54) is 6.07 Å². The van der Waals surface area contributed by atoms with Gasteiger partial charge >= 0.3 is 5.97 Å². The minimum absolute atomic E-state index is 0.0100. The molecule has 3 aromatic rings. The molecule has 1 aliphatic heterocycles. The number of carboxylic acids is 1. The molecule has 1 aliphatic rings. The third-order valence-electron chi connectivity index (χ3n) is 7.33. The van der Waals surface area contributed by atoms with Gasteiger partial charge in [0.05, 0.1) is 23.1 Å². The SMILES string of the molecule is CCC1(O)C(CO)OC(Oc2cc(C(=O)O)cc3cc(C)c(C(=O)CCc4ccccc4)c(O)c23)C(O)C1O. The fourth-order valence-electron chi connectivity index (χ4n) is 5.07. The zero-order valence-electron chi connectivity index (χ0n) is 21.6. The number of phenolic OH excluding ortho intramolecular Hbond substituents is 1. The number of ether oxygens (including phenoxy) is 2. The topological polar surface area (TPSA) is 174 Å². The van der Waals surface area contributed by atoms with Crippen molar-refractivity contribution >= 4 is 22.5 Å². The highest BCUT2D eigenvalue weighted by atomic mass is 16.7. The van der Waals surface area contributed by atoms with Crippen molar-refractivity contribution in [2.45, 2.75) is 63.3 Å². The van der Waals surface area contributed by atoms with E-state index in [-0.39, 0.29) is 46.3 Å². The van der Waals surface area contributed by atoms with Gasteiger partial charge in [0.25, 0.3) is 0 Å². The molecule has 0 saturated carbocycles. The summed E-state index contributed by atoms with van der Waals surface area (Å²) in [5.41, 5.74) is -0.730. The van der Waals surface area contributed by atoms with Crippen molar-refractivity contribution in [1.82, 2.24) is 0 Å². The molecule has 1 fully saturated rings. The first-order valence-corrected chi connectivity index (χ1v) is 12.6. The molecule has 5 atom stereocenters. The molecule has 0 spiro atoms. The summed E-state index contributed by atoms with van der Waals surface area (Å²) in [6, 6.07) is 13.4. The van der Waals surface area contributed by atoms with Crippen LogP contribution in [0.5, 0.6) is 11.5 Å². The number of fused-ring (bicyclic) bond motifs is 1. The number of aliphatic hydroxyl groups is 4. The van der Waals surface area contributed by atoms with Gasteiger partial charge in [-0.25, -0.2) is 4.79 Å². The normalized spacial score (nSPS) is 25.0. The van der Waals surface area contributed by atoms with Crippen LogP contribution in [0.1, 0.15) is 51.6 Å². The number of aliphatic hydroxyl groups excluding tert-OH is 3. The van der Waals surface area contributed by atoms with E-state index in [9.17, 15) is 40.2 Å². The van der Waals surface area contributed by atoms with E-state index < -0.39 is 48.5 Å². The summed E-state index contributed by atoms with van der Waals surface area (Å²) in [4.78, 5) is 25.0. The molecule has 10 heteroatoms.